The monoisotopic (exact) mass is 170 g/mol. The number of hydrogen-bond acceptors (Lipinski definition) is 4. The summed E-state index contributed by atoms with van der Waals surface area (Å²) in [6, 6.07) is -0.835. The summed E-state index contributed by atoms with van der Waals surface area (Å²) in [6.45, 7) is 0.689. The second-order valence-electron chi connectivity index (χ2n) is 2.71. The number of aldehydes is 2. The molecule has 66 valence electrons. The SMILES string of the molecule is O=CC1CN(C=O)CC(C=O)N1. The molecular formula is C7H10N2O3. The van der Waals surface area contributed by atoms with Gasteiger partial charge in [0, 0.05) is 13.1 Å². The average molecular weight is 170 g/mol. The Balaban J connectivity index is 2.57. The van der Waals surface area contributed by atoms with Gasteiger partial charge in [-0.15, -0.1) is 0 Å². The summed E-state index contributed by atoms with van der Waals surface area (Å²) in [4.78, 5) is 32.5. The van der Waals surface area contributed by atoms with E-state index in [1.807, 2.05) is 0 Å². The van der Waals surface area contributed by atoms with Crippen LogP contribution in [0.4, 0.5) is 0 Å². The summed E-state index contributed by atoms with van der Waals surface area (Å²) in [5.74, 6) is 0. The highest BCUT2D eigenvalue weighted by atomic mass is 16.1. The molecule has 0 aromatic rings. The largest absolute Gasteiger partial charge is 0.341 e. The molecular weight excluding hydrogens is 160 g/mol. The van der Waals surface area contributed by atoms with Gasteiger partial charge in [0.2, 0.25) is 6.41 Å². The van der Waals surface area contributed by atoms with Gasteiger partial charge in [-0.05, 0) is 0 Å². The van der Waals surface area contributed by atoms with Gasteiger partial charge in [0.05, 0.1) is 12.1 Å². The fourth-order valence-electron chi connectivity index (χ4n) is 1.21. The van der Waals surface area contributed by atoms with Crippen molar-refractivity contribution < 1.29 is 14.4 Å². The topological polar surface area (TPSA) is 66.5 Å². The van der Waals surface area contributed by atoms with Gasteiger partial charge in [-0.3, -0.25) is 10.1 Å². The van der Waals surface area contributed by atoms with Crippen LogP contribution in [0.15, 0.2) is 0 Å². The first-order valence-electron chi connectivity index (χ1n) is 3.66. The summed E-state index contributed by atoms with van der Waals surface area (Å²) in [5.41, 5.74) is 0. The van der Waals surface area contributed by atoms with Crippen molar-refractivity contribution in [2.45, 2.75) is 12.1 Å². The predicted molar refractivity (Wildman–Crippen MR) is 40.5 cm³/mol. The van der Waals surface area contributed by atoms with Crippen molar-refractivity contribution in [1.29, 1.82) is 0 Å². The number of piperazine rings is 1. The quantitative estimate of drug-likeness (QED) is 0.507. The lowest BCUT2D eigenvalue weighted by Gasteiger charge is -2.31. The molecule has 5 nitrogen and oxygen atoms in total. The predicted octanol–water partition coefficient (Wildman–Crippen LogP) is -1.82. The molecule has 1 aliphatic rings. The number of nitrogens with zero attached hydrogens (tertiary/aromatic N) is 1. The van der Waals surface area contributed by atoms with E-state index in [0.29, 0.717) is 32.1 Å². The average Bonchev–Trinajstić information content (AvgIpc) is 2.16. The Labute approximate surface area is 69.7 Å². The Morgan fingerprint density at radius 2 is 1.58 bits per heavy atom. The number of hydrogen-bond donors (Lipinski definition) is 1. The molecule has 5 heteroatoms. The first-order valence-corrected chi connectivity index (χ1v) is 3.66. The van der Waals surface area contributed by atoms with Crippen LogP contribution in [0.2, 0.25) is 0 Å². The van der Waals surface area contributed by atoms with Crippen molar-refractivity contribution >= 4 is 19.0 Å². The van der Waals surface area contributed by atoms with Crippen LogP contribution in [0.3, 0.4) is 0 Å². The van der Waals surface area contributed by atoms with Crippen molar-refractivity contribution in [3.63, 3.8) is 0 Å². The van der Waals surface area contributed by atoms with Crippen LogP contribution in [0.25, 0.3) is 0 Å². The minimum absolute atomic E-state index is 0.345. The number of carbonyl (C=O) groups excluding carboxylic acids is 3. The van der Waals surface area contributed by atoms with E-state index >= 15 is 0 Å². The van der Waals surface area contributed by atoms with Crippen LogP contribution in [0.5, 0.6) is 0 Å². The molecule has 0 radical (unpaired) electrons. The lowest BCUT2D eigenvalue weighted by molar-refractivity contribution is -0.122. The molecule has 0 aromatic carbocycles. The third-order valence-corrected chi connectivity index (χ3v) is 1.77. The molecule has 1 fully saturated rings. The molecule has 1 saturated heterocycles. The molecule has 1 rings (SSSR count). The normalized spacial score (nSPS) is 29.5. The van der Waals surface area contributed by atoms with Crippen LogP contribution >= 0.6 is 0 Å². The lowest BCUT2D eigenvalue weighted by Crippen LogP contribution is -2.57. The Kier molecular flexibility index (Phi) is 2.93. The number of rotatable bonds is 3. The van der Waals surface area contributed by atoms with Gasteiger partial charge in [-0.25, -0.2) is 0 Å². The van der Waals surface area contributed by atoms with Crippen molar-refractivity contribution in [3.05, 3.63) is 0 Å². The second kappa shape index (κ2) is 3.96. The van der Waals surface area contributed by atoms with E-state index in [4.69, 9.17) is 0 Å². The maximum Gasteiger partial charge on any atom is 0.209 e. The lowest BCUT2D eigenvalue weighted by atomic mass is 10.1. The van der Waals surface area contributed by atoms with Gasteiger partial charge in [-0.1, -0.05) is 0 Å². The van der Waals surface area contributed by atoms with Crippen molar-refractivity contribution in [2.24, 2.45) is 0 Å². The highest BCUT2D eigenvalue weighted by Crippen LogP contribution is 1.98. The van der Waals surface area contributed by atoms with Gasteiger partial charge in [-0.2, -0.15) is 0 Å². The van der Waals surface area contributed by atoms with E-state index in [-0.39, 0.29) is 0 Å². The molecule has 0 aromatic heterocycles. The number of carbonyl (C=O) groups is 3. The van der Waals surface area contributed by atoms with E-state index < -0.39 is 12.1 Å². The number of nitrogens with one attached hydrogen (secondary N) is 1. The second-order valence-corrected chi connectivity index (χ2v) is 2.71. The minimum Gasteiger partial charge on any atom is -0.341 e. The summed E-state index contributed by atoms with van der Waals surface area (Å²) in [7, 11) is 0. The van der Waals surface area contributed by atoms with Crippen LogP contribution in [0, 0.1) is 0 Å². The highest BCUT2D eigenvalue weighted by Gasteiger charge is 2.24. The fraction of sp³-hybridized carbons (Fsp3) is 0.571. The molecule has 0 spiro atoms. The molecule has 12 heavy (non-hydrogen) atoms. The van der Waals surface area contributed by atoms with Gasteiger partial charge in [0.15, 0.2) is 0 Å². The standard InChI is InChI=1S/C7H10N2O3/c10-3-6-1-9(5-12)2-7(4-11)8-6/h3-8H,1-2H2. The Hall–Kier alpha value is -1.23. The van der Waals surface area contributed by atoms with E-state index in [9.17, 15) is 14.4 Å². The van der Waals surface area contributed by atoms with Crippen LogP contribution in [-0.2, 0) is 14.4 Å². The zero-order valence-corrected chi connectivity index (χ0v) is 6.47. The van der Waals surface area contributed by atoms with Gasteiger partial charge < -0.3 is 14.5 Å². The maximum absolute atomic E-state index is 10.4. The first-order chi connectivity index (χ1) is 5.80. The third kappa shape index (κ3) is 1.88. The van der Waals surface area contributed by atoms with E-state index in [1.165, 1.54) is 4.90 Å². The van der Waals surface area contributed by atoms with E-state index in [1.54, 1.807) is 0 Å². The number of amides is 1. The highest BCUT2D eigenvalue weighted by molar-refractivity contribution is 5.65. The fourth-order valence-corrected chi connectivity index (χ4v) is 1.21. The molecule has 0 saturated carbocycles. The molecule has 2 unspecified atom stereocenters. The molecule has 0 bridgehead atoms. The van der Waals surface area contributed by atoms with E-state index in [2.05, 4.69) is 5.32 Å². The van der Waals surface area contributed by atoms with E-state index in [0.717, 1.165) is 0 Å². The van der Waals surface area contributed by atoms with Crippen LogP contribution in [0.1, 0.15) is 0 Å². The van der Waals surface area contributed by atoms with Gasteiger partial charge in [0.25, 0.3) is 0 Å². The van der Waals surface area contributed by atoms with Gasteiger partial charge in [0.1, 0.15) is 12.6 Å². The van der Waals surface area contributed by atoms with Crippen molar-refractivity contribution in [2.75, 3.05) is 13.1 Å². The van der Waals surface area contributed by atoms with Crippen LogP contribution in [-0.4, -0.2) is 49.1 Å². The zero-order valence-electron chi connectivity index (χ0n) is 6.47. The zero-order chi connectivity index (χ0) is 8.97. The molecule has 1 heterocycles. The summed E-state index contributed by atoms with van der Waals surface area (Å²) in [5, 5.41) is 2.78. The van der Waals surface area contributed by atoms with Crippen molar-refractivity contribution in [3.8, 4) is 0 Å². The summed E-state index contributed by atoms with van der Waals surface area (Å²) < 4.78 is 0. The van der Waals surface area contributed by atoms with Crippen molar-refractivity contribution in [1.82, 2.24) is 10.2 Å². The Bertz CT molecular complexity index is 156. The molecule has 1 amide bonds. The Morgan fingerprint density at radius 3 is 1.92 bits per heavy atom. The molecule has 1 aliphatic heterocycles. The third-order valence-electron chi connectivity index (χ3n) is 1.77. The Morgan fingerprint density at radius 1 is 1.08 bits per heavy atom. The molecule has 0 aliphatic carbocycles. The van der Waals surface area contributed by atoms with Gasteiger partial charge >= 0.3 is 0 Å². The summed E-state index contributed by atoms with van der Waals surface area (Å²) >= 11 is 0. The molecule has 1 N–H and O–H groups in total. The maximum atomic E-state index is 10.4. The first kappa shape index (κ1) is 8.86. The summed E-state index contributed by atoms with van der Waals surface area (Å²) in [6.07, 6.45) is 2.05. The minimum atomic E-state index is -0.417. The smallest absolute Gasteiger partial charge is 0.209 e. The van der Waals surface area contributed by atoms with Crippen LogP contribution < -0.4 is 5.32 Å². The molecule has 2 atom stereocenters.